The predicted molar refractivity (Wildman–Crippen MR) is 112 cm³/mol. The van der Waals surface area contributed by atoms with Crippen molar-refractivity contribution >= 4 is 29.9 Å². The van der Waals surface area contributed by atoms with Crippen LogP contribution in [0.1, 0.15) is 38.7 Å². The maximum Gasteiger partial charge on any atom is 0.193 e. The molecule has 1 saturated heterocycles. The smallest absolute Gasteiger partial charge is 0.193 e. The molecule has 0 spiro atoms. The summed E-state index contributed by atoms with van der Waals surface area (Å²) in [5.74, 6) is 1.07. The minimum Gasteiger partial charge on any atom is -0.378 e. The number of halogens is 1. The van der Waals surface area contributed by atoms with Crippen LogP contribution in [0.25, 0.3) is 0 Å². The monoisotopic (exact) mass is 445 g/mol. The maximum atomic E-state index is 5.73. The topological polar surface area (TPSA) is 36.9 Å². The van der Waals surface area contributed by atoms with E-state index in [1.54, 1.807) is 0 Å². The zero-order chi connectivity index (χ0) is 16.3. The summed E-state index contributed by atoms with van der Waals surface area (Å²) in [6.45, 7) is 8.89. The number of benzene rings is 1. The summed E-state index contributed by atoms with van der Waals surface area (Å²) in [4.78, 5) is 7.19. The fourth-order valence-electron chi connectivity index (χ4n) is 3.01. The van der Waals surface area contributed by atoms with E-state index in [-0.39, 0.29) is 24.0 Å². The summed E-state index contributed by atoms with van der Waals surface area (Å²) < 4.78 is 5.73. The van der Waals surface area contributed by atoms with E-state index in [4.69, 9.17) is 9.73 Å². The van der Waals surface area contributed by atoms with Crippen LogP contribution in [0.5, 0.6) is 0 Å². The van der Waals surface area contributed by atoms with Crippen molar-refractivity contribution in [1.82, 2.24) is 10.2 Å². The predicted octanol–water partition coefficient (Wildman–Crippen LogP) is 3.70. The Bertz CT molecular complexity index is 459. The van der Waals surface area contributed by atoms with E-state index in [0.29, 0.717) is 6.10 Å². The normalized spacial score (nSPS) is 15.9. The van der Waals surface area contributed by atoms with Crippen LogP contribution in [0.2, 0.25) is 0 Å². The molecular weight excluding hydrogens is 413 g/mol. The number of hydrogen-bond acceptors (Lipinski definition) is 2. The third-order valence-corrected chi connectivity index (χ3v) is 4.21. The van der Waals surface area contributed by atoms with Crippen LogP contribution >= 0.6 is 24.0 Å². The van der Waals surface area contributed by atoms with Gasteiger partial charge < -0.3 is 15.0 Å². The molecule has 4 nitrogen and oxygen atoms in total. The molecule has 1 fully saturated rings. The van der Waals surface area contributed by atoms with Crippen molar-refractivity contribution in [2.24, 2.45) is 4.99 Å². The number of rotatable bonds is 7. The van der Waals surface area contributed by atoms with Crippen LogP contribution in [-0.4, -0.2) is 49.7 Å². The Balaban J connectivity index is 0.00000288. The number of piperidine rings is 1. The lowest BCUT2D eigenvalue weighted by atomic mass is 10.1. The Hall–Kier alpha value is -0.820. The number of aryl methyl sites for hydroxylation is 1. The summed E-state index contributed by atoms with van der Waals surface area (Å²) in [7, 11) is 0. The van der Waals surface area contributed by atoms with Gasteiger partial charge in [-0.25, -0.2) is 0 Å². The van der Waals surface area contributed by atoms with Crippen molar-refractivity contribution < 1.29 is 4.74 Å². The van der Waals surface area contributed by atoms with Crippen LogP contribution < -0.4 is 5.32 Å². The second-order valence-corrected chi connectivity index (χ2v) is 5.97. The van der Waals surface area contributed by atoms with Crippen molar-refractivity contribution in [3.05, 3.63) is 35.9 Å². The van der Waals surface area contributed by atoms with E-state index in [2.05, 4.69) is 54.4 Å². The standard InChI is InChI=1S/C19H31N3O.HI/c1-3-20-19(22-15-12-18(13-16-22)23-4-2)21-14-8-11-17-9-6-5-7-10-17;/h5-7,9-10,18H,3-4,8,11-16H2,1-2H3,(H,20,21);1H. The first kappa shape index (κ1) is 21.2. The SMILES string of the molecule is CCNC(=NCCCc1ccccc1)N1CCC(OCC)CC1.I. The Labute approximate surface area is 164 Å². The third kappa shape index (κ3) is 7.38. The molecule has 2 rings (SSSR count). The van der Waals surface area contributed by atoms with Crippen molar-refractivity contribution in [1.29, 1.82) is 0 Å². The minimum atomic E-state index is 0. The van der Waals surface area contributed by atoms with Gasteiger partial charge in [-0.1, -0.05) is 30.3 Å². The molecule has 1 aromatic rings. The highest BCUT2D eigenvalue weighted by molar-refractivity contribution is 14.0. The van der Waals surface area contributed by atoms with Gasteiger partial charge in [-0.15, -0.1) is 24.0 Å². The maximum absolute atomic E-state index is 5.73. The molecule has 1 aliphatic rings. The molecule has 1 N–H and O–H groups in total. The van der Waals surface area contributed by atoms with Gasteiger partial charge in [-0.3, -0.25) is 4.99 Å². The molecule has 136 valence electrons. The molecule has 0 aromatic heterocycles. The molecule has 1 aromatic carbocycles. The molecule has 5 heteroatoms. The Morgan fingerprint density at radius 3 is 2.54 bits per heavy atom. The lowest BCUT2D eigenvalue weighted by Gasteiger charge is -2.34. The van der Waals surface area contributed by atoms with Crippen LogP contribution in [0.4, 0.5) is 0 Å². The van der Waals surface area contributed by atoms with E-state index in [0.717, 1.165) is 64.4 Å². The Morgan fingerprint density at radius 2 is 1.92 bits per heavy atom. The van der Waals surface area contributed by atoms with Crippen molar-refractivity contribution in [3.63, 3.8) is 0 Å². The summed E-state index contributed by atoms with van der Waals surface area (Å²) in [6.07, 6.45) is 4.81. The first-order chi connectivity index (χ1) is 11.3. The van der Waals surface area contributed by atoms with E-state index in [9.17, 15) is 0 Å². The number of nitrogens with zero attached hydrogens (tertiary/aromatic N) is 2. The molecular formula is C19H32IN3O. The van der Waals surface area contributed by atoms with Crippen LogP contribution in [0.3, 0.4) is 0 Å². The molecule has 0 aliphatic carbocycles. The van der Waals surface area contributed by atoms with E-state index >= 15 is 0 Å². The van der Waals surface area contributed by atoms with Gasteiger partial charge in [0, 0.05) is 32.8 Å². The minimum absolute atomic E-state index is 0. The second-order valence-electron chi connectivity index (χ2n) is 5.97. The molecule has 1 heterocycles. The highest BCUT2D eigenvalue weighted by atomic mass is 127. The van der Waals surface area contributed by atoms with Gasteiger partial charge in [0.05, 0.1) is 6.10 Å². The van der Waals surface area contributed by atoms with Gasteiger partial charge >= 0.3 is 0 Å². The average Bonchev–Trinajstić information content (AvgIpc) is 2.60. The molecule has 0 unspecified atom stereocenters. The summed E-state index contributed by atoms with van der Waals surface area (Å²) >= 11 is 0. The number of nitrogens with one attached hydrogen (secondary N) is 1. The number of guanidine groups is 1. The van der Waals surface area contributed by atoms with Gasteiger partial charge in [0.25, 0.3) is 0 Å². The molecule has 0 saturated carbocycles. The number of ether oxygens (including phenoxy) is 1. The molecule has 0 atom stereocenters. The van der Waals surface area contributed by atoms with E-state index in [1.165, 1.54) is 5.56 Å². The highest BCUT2D eigenvalue weighted by Gasteiger charge is 2.21. The molecule has 0 bridgehead atoms. The molecule has 24 heavy (non-hydrogen) atoms. The van der Waals surface area contributed by atoms with Crippen LogP contribution in [0.15, 0.2) is 35.3 Å². The zero-order valence-electron chi connectivity index (χ0n) is 15.0. The van der Waals surface area contributed by atoms with Crippen molar-refractivity contribution in [3.8, 4) is 0 Å². The van der Waals surface area contributed by atoms with Gasteiger partial charge in [-0.05, 0) is 45.1 Å². The molecule has 1 aliphatic heterocycles. The Morgan fingerprint density at radius 1 is 1.21 bits per heavy atom. The van der Waals surface area contributed by atoms with Gasteiger partial charge in [0.2, 0.25) is 0 Å². The van der Waals surface area contributed by atoms with E-state index in [1.807, 2.05) is 0 Å². The zero-order valence-corrected chi connectivity index (χ0v) is 17.4. The molecule has 0 radical (unpaired) electrons. The quantitative estimate of drug-likeness (QED) is 0.301. The van der Waals surface area contributed by atoms with E-state index < -0.39 is 0 Å². The van der Waals surface area contributed by atoms with Crippen molar-refractivity contribution in [2.45, 2.75) is 45.6 Å². The molecule has 0 amide bonds. The Kier molecular flexibility index (Phi) is 11.1. The number of aliphatic imine (C=N–C) groups is 1. The largest absolute Gasteiger partial charge is 0.378 e. The highest BCUT2D eigenvalue weighted by Crippen LogP contribution is 2.13. The first-order valence-electron chi connectivity index (χ1n) is 9.02. The van der Waals surface area contributed by atoms with Gasteiger partial charge in [-0.2, -0.15) is 0 Å². The average molecular weight is 445 g/mol. The summed E-state index contributed by atoms with van der Waals surface area (Å²) in [5.41, 5.74) is 1.39. The number of hydrogen-bond donors (Lipinski definition) is 1. The number of likely N-dealkylation sites (tertiary alicyclic amines) is 1. The summed E-state index contributed by atoms with van der Waals surface area (Å²) in [6, 6.07) is 10.6. The van der Waals surface area contributed by atoms with Crippen molar-refractivity contribution in [2.75, 3.05) is 32.8 Å². The summed E-state index contributed by atoms with van der Waals surface area (Å²) in [5, 5.41) is 3.43. The second kappa shape index (κ2) is 12.5. The fraction of sp³-hybridized carbons (Fsp3) is 0.632. The fourth-order valence-corrected chi connectivity index (χ4v) is 3.01. The third-order valence-electron chi connectivity index (χ3n) is 4.21. The van der Waals surface area contributed by atoms with Gasteiger partial charge in [0.1, 0.15) is 0 Å². The van der Waals surface area contributed by atoms with Crippen LogP contribution in [0, 0.1) is 0 Å². The van der Waals surface area contributed by atoms with Crippen LogP contribution in [-0.2, 0) is 11.2 Å². The lowest BCUT2D eigenvalue weighted by Crippen LogP contribution is -2.47. The van der Waals surface area contributed by atoms with Gasteiger partial charge in [0.15, 0.2) is 5.96 Å². The lowest BCUT2D eigenvalue weighted by molar-refractivity contribution is 0.0264. The first-order valence-corrected chi connectivity index (χ1v) is 9.02.